The van der Waals surface area contributed by atoms with Crippen molar-refractivity contribution in [3.63, 3.8) is 0 Å². The molecule has 0 unspecified atom stereocenters. The van der Waals surface area contributed by atoms with Gasteiger partial charge in [0.1, 0.15) is 0 Å². The van der Waals surface area contributed by atoms with Crippen molar-refractivity contribution in [1.82, 2.24) is 0 Å². The lowest BCUT2D eigenvalue weighted by Gasteiger charge is -2.15. The third-order valence-corrected chi connectivity index (χ3v) is 10.2. The van der Waals surface area contributed by atoms with Crippen molar-refractivity contribution in [2.75, 3.05) is 24.9 Å². The first-order valence-electron chi connectivity index (χ1n) is 18.9. The van der Waals surface area contributed by atoms with Gasteiger partial charge in [-0.1, -0.05) is 83.9 Å². The van der Waals surface area contributed by atoms with E-state index in [-0.39, 0.29) is 29.4 Å². The molecule has 0 saturated heterocycles. The fourth-order valence-corrected chi connectivity index (χ4v) is 6.39. The van der Waals surface area contributed by atoms with Gasteiger partial charge in [0.25, 0.3) is 0 Å². The number of hydrogen-bond acceptors (Lipinski definition) is 10. The van der Waals surface area contributed by atoms with Crippen molar-refractivity contribution >= 4 is 81.6 Å². The second kappa shape index (κ2) is 20.2. The summed E-state index contributed by atoms with van der Waals surface area (Å²) in [7, 11) is 2.87. The number of halogens is 2. The molecule has 0 spiro atoms. The molecule has 0 atom stereocenters. The van der Waals surface area contributed by atoms with E-state index in [4.69, 9.17) is 42.1 Å². The number of ketones is 2. The van der Waals surface area contributed by atoms with Crippen molar-refractivity contribution in [1.29, 1.82) is 0 Å². The second-order valence-corrected chi connectivity index (χ2v) is 14.4. The Balaban J connectivity index is 1.05. The molecule has 10 nitrogen and oxygen atoms in total. The molecule has 0 amide bonds. The lowest BCUT2D eigenvalue weighted by Crippen LogP contribution is -2.12. The Labute approximate surface area is 363 Å². The first-order valence-corrected chi connectivity index (χ1v) is 19.6. The number of methoxy groups -OCH3 is 2. The average molecular weight is 856 g/mol. The summed E-state index contributed by atoms with van der Waals surface area (Å²) in [5.74, 6) is -1.20. The summed E-state index contributed by atoms with van der Waals surface area (Å²) in [5.41, 5.74) is 5.99. The van der Waals surface area contributed by atoms with Crippen molar-refractivity contribution in [2.45, 2.75) is 20.3 Å². The molecule has 0 aliphatic carbocycles. The topological polar surface area (TPSA) is 129 Å². The van der Waals surface area contributed by atoms with Gasteiger partial charge in [0, 0.05) is 21.4 Å². The molecule has 0 fully saturated rings. The Morgan fingerprint density at radius 3 is 1.31 bits per heavy atom. The zero-order chi connectivity index (χ0) is 43.5. The minimum Gasteiger partial charge on any atom is -0.493 e. The summed E-state index contributed by atoms with van der Waals surface area (Å²) in [6.07, 6.45) is 5.29. The quantitative estimate of drug-likeness (QED) is 0.0420. The van der Waals surface area contributed by atoms with E-state index in [1.807, 2.05) is 38.1 Å². The van der Waals surface area contributed by atoms with Crippen LogP contribution in [0.3, 0.4) is 0 Å². The standard InChI is InChI=1S/C49H40Cl2N2O8/c1-30-38(50)13-9-17-40(30)52-42-15-7-5-11-36(42)48(56)60-44-25-21-32(27-46(44)58-3)19-23-34(54)29-35(55)24-20-33-22-26-45(47(28-33)59-4)61-49(57)37-12-6-8-16-43(37)53-41-18-10-14-39(51)31(41)2/h5-28,52-53H,29H2,1-4H3/b23-19+,24-20+. The van der Waals surface area contributed by atoms with Crippen LogP contribution in [0.25, 0.3) is 12.2 Å². The van der Waals surface area contributed by atoms with Gasteiger partial charge >= 0.3 is 11.9 Å². The van der Waals surface area contributed by atoms with Crippen LogP contribution in [0, 0.1) is 13.8 Å². The number of carbonyl (C=O) groups is 4. The molecular formula is C49H40Cl2N2O8. The minimum atomic E-state index is -0.611. The summed E-state index contributed by atoms with van der Waals surface area (Å²) in [6, 6.07) is 34.5. The maximum Gasteiger partial charge on any atom is 0.345 e. The van der Waals surface area contributed by atoms with Gasteiger partial charge in [-0.3, -0.25) is 9.59 Å². The van der Waals surface area contributed by atoms with Crippen molar-refractivity contribution in [3.8, 4) is 23.0 Å². The van der Waals surface area contributed by atoms with Crippen LogP contribution in [0.2, 0.25) is 10.0 Å². The predicted octanol–water partition coefficient (Wildman–Crippen LogP) is 11.8. The summed E-state index contributed by atoms with van der Waals surface area (Å²) in [4.78, 5) is 52.2. The Morgan fingerprint density at radius 1 is 0.508 bits per heavy atom. The number of allylic oxidation sites excluding steroid dienone is 2. The molecule has 0 aromatic heterocycles. The average Bonchev–Trinajstić information content (AvgIpc) is 3.26. The van der Waals surface area contributed by atoms with Crippen molar-refractivity contribution < 1.29 is 38.1 Å². The van der Waals surface area contributed by atoms with E-state index in [0.717, 1.165) is 22.5 Å². The van der Waals surface area contributed by atoms with Crippen LogP contribution in [0.1, 0.15) is 49.4 Å². The van der Waals surface area contributed by atoms with Gasteiger partial charge in [-0.15, -0.1) is 0 Å². The Kier molecular flexibility index (Phi) is 14.4. The highest BCUT2D eigenvalue weighted by Gasteiger charge is 2.19. The van der Waals surface area contributed by atoms with Gasteiger partial charge < -0.3 is 29.6 Å². The molecule has 61 heavy (non-hydrogen) atoms. The van der Waals surface area contributed by atoms with E-state index >= 15 is 0 Å². The molecule has 6 aromatic rings. The van der Waals surface area contributed by atoms with Gasteiger partial charge in [0.15, 0.2) is 34.6 Å². The maximum atomic E-state index is 13.3. The van der Waals surface area contributed by atoms with Crippen molar-refractivity contribution in [2.24, 2.45) is 0 Å². The fraction of sp³-hybridized carbons (Fsp3) is 0.102. The normalized spacial score (nSPS) is 11.0. The molecule has 0 saturated carbocycles. The number of rotatable bonds is 16. The third-order valence-electron chi connectivity index (χ3n) is 9.42. The number of anilines is 4. The molecule has 12 heteroatoms. The number of benzene rings is 6. The van der Waals surface area contributed by atoms with Crippen molar-refractivity contribution in [3.05, 3.63) is 177 Å². The molecule has 0 aliphatic heterocycles. The Morgan fingerprint density at radius 2 is 0.902 bits per heavy atom. The van der Waals surface area contributed by atoms with E-state index in [1.54, 1.807) is 97.1 Å². The second-order valence-electron chi connectivity index (χ2n) is 13.5. The lowest BCUT2D eigenvalue weighted by molar-refractivity contribution is -0.121. The van der Waals surface area contributed by atoms with E-state index < -0.39 is 23.5 Å². The van der Waals surface area contributed by atoms with Gasteiger partial charge in [0.05, 0.1) is 43.1 Å². The van der Waals surface area contributed by atoms with Crippen LogP contribution in [0.15, 0.2) is 133 Å². The summed E-state index contributed by atoms with van der Waals surface area (Å²) in [6.45, 7) is 3.76. The first-order chi connectivity index (χ1) is 29.4. The molecule has 2 N–H and O–H groups in total. The highest BCUT2D eigenvalue weighted by Crippen LogP contribution is 2.34. The Bertz CT molecular complexity index is 2510. The zero-order valence-corrected chi connectivity index (χ0v) is 35.1. The maximum absolute atomic E-state index is 13.3. The molecule has 0 aliphatic rings. The highest BCUT2D eigenvalue weighted by atomic mass is 35.5. The number of hydrogen-bond donors (Lipinski definition) is 2. The first kappa shape index (κ1) is 43.4. The summed E-state index contributed by atoms with van der Waals surface area (Å²) in [5, 5.41) is 7.70. The smallest absolute Gasteiger partial charge is 0.345 e. The van der Waals surface area contributed by atoms with E-state index in [2.05, 4.69) is 10.6 Å². The molecule has 0 heterocycles. The van der Waals surface area contributed by atoms with E-state index in [1.165, 1.54) is 38.5 Å². The van der Waals surface area contributed by atoms with E-state index in [9.17, 15) is 19.2 Å². The zero-order valence-electron chi connectivity index (χ0n) is 33.6. The van der Waals surface area contributed by atoms with Crippen LogP contribution in [0.5, 0.6) is 23.0 Å². The Hall–Kier alpha value is -7.14. The number of para-hydroxylation sites is 2. The number of esters is 2. The predicted molar refractivity (Wildman–Crippen MR) is 240 cm³/mol. The molecular weight excluding hydrogens is 815 g/mol. The summed E-state index contributed by atoms with van der Waals surface area (Å²) < 4.78 is 22.4. The third kappa shape index (κ3) is 11.1. The monoisotopic (exact) mass is 854 g/mol. The van der Waals surface area contributed by atoms with Gasteiger partial charge in [-0.25, -0.2) is 9.59 Å². The van der Waals surface area contributed by atoms with Crippen LogP contribution >= 0.6 is 23.2 Å². The van der Waals surface area contributed by atoms with Crippen LogP contribution in [-0.4, -0.2) is 37.7 Å². The van der Waals surface area contributed by atoms with Crippen LogP contribution in [0.4, 0.5) is 22.7 Å². The van der Waals surface area contributed by atoms with Gasteiger partial charge in [-0.05, 0) is 121 Å². The molecule has 308 valence electrons. The minimum absolute atomic E-state index is 0.176. The summed E-state index contributed by atoms with van der Waals surface area (Å²) >= 11 is 12.6. The van der Waals surface area contributed by atoms with Crippen LogP contribution < -0.4 is 29.6 Å². The molecule has 6 aromatic carbocycles. The largest absolute Gasteiger partial charge is 0.493 e. The number of nitrogens with one attached hydrogen (secondary N) is 2. The fourth-order valence-electron chi connectivity index (χ4n) is 6.04. The van der Waals surface area contributed by atoms with E-state index in [0.29, 0.717) is 43.7 Å². The van der Waals surface area contributed by atoms with Gasteiger partial charge in [-0.2, -0.15) is 0 Å². The molecule has 0 radical (unpaired) electrons. The number of carbonyl (C=O) groups excluding carboxylic acids is 4. The molecule has 6 rings (SSSR count). The lowest BCUT2D eigenvalue weighted by atomic mass is 10.1. The van der Waals surface area contributed by atoms with Gasteiger partial charge in [0.2, 0.25) is 0 Å². The number of ether oxygens (including phenoxy) is 4. The van der Waals surface area contributed by atoms with Crippen LogP contribution in [-0.2, 0) is 9.59 Å². The highest BCUT2D eigenvalue weighted by molar-refractivity contribution is 6.32. The molecule has 0 bridgehead atoms. The SMILES string of the molecule is COc1cc(/C=C/C(=O)CC(=O)/C=C/c2ccc(OC(=O)c3ccccc3Nc3cccc(Cl)c3C)c(OC)c2)ccc1OC(=O)c1ccccc1Nc1cccc(Cl)c1C.